The van der Waals surface area contributed by atoms with Crippen molar-refractivity contribution < 1.29 is 4.74 Å². The van der Waals surface area contributed by atoms with E-state index in [0.717, 1.165) is 6.61 Å². The molecule has 2 rings (SSSR count). The first-order valence-corrected chi connectivity index (χ1v) is 8.59. The van der Waals surface area contributed by atoms with E-state index in [2.05, 4.69) is 39.0 Å². The first-order valence-electron chi connectivity index (χ1n) is 8.59. The molecule has 0 atom stereocenters. The molecule has 0 aromatic rings. The van der Waals surface area contributed by atoms with Gasteiger partial charge >= 0.3 is 0 Å². The molecular formula is C17H31BN2O. The molecule has 2 aliphatic rings. The van der Waals surface area contributed by atoms with Crippen LogP contribution in [0.4, 0.5) is 0 Å². The van der Waals surface area contributed by atoms with E-state index in [-0.39, 0.29) is 17.6 Å². The molecule has 2 saturated carbocycles. The highest BCUT2D eigenvalue weighted by atomic mass is 16.5. The van der Waals surface area contributed by atoms with Crippen molar-refractivity contribution in [3.05, 3.63) is 0 Å². The Morgan fingerprint density at radius 3 is 2.14 bits per heavy atom. The van der Waals surface area contributed by atoms with Crippen LogP contribution in [0.3, 0.4) is 0 Å². The molecule has 2 fully saturated rings. The molecule has 0 aromatic heterocycles. The van der Waals surface area contributed by atoms with Gasteiger partial charge in [0.1, 0.15) is 0 Å². The van der Waals surface area contributed by atoms with Gasteiger partial charge in [-0.05, 0) is 37.8 Å². The Bertz CT molecular complexity index is 381. The zero-order valence-electron chi connectivity index (χ0n) is 14.2. The van der Waals surface area contributed by atoms with Crippen LogP contribution in [0.25, 0.3) is 0 Å². The summed E-state index contributed by atoms with van der Waals surface area (Å²) in [6.45, 7) is 10.3. The van der Waals surface area contributed by atoms with E-state index in [0.29, 0.717) is 18.5 Å². The van der Waals surface area contributed by atoms with Crippen molar-refractivity contribution in [1.82, 2.24) is 5.32 Å². The van der Waals surface area contributed by atoms with Crippen LogP contribution < -0.4 is 5.32 Å². The van der Waals surface area contributed by atoms with E-state index in [4.69, 9.17) is 4.74 Å². The summed E-state index contributed by atoms with van der Waals surface area (Å²) in [5.74, 6) is 3.14. The van der Waals surface area contributed by atoms with E-state index in [9.17, 15) is 5.26 Å². The Hall–Kier alpha value is -0.525. The van der Waals surface area contributed by atoms with Gasteiger partial charge in [0.05, 0.1) is 6.61 Å². The average molecular weight is 290 g/mol. The van der Waals surface area contributed by atoms with Gasteiger partial charge in [0, 0.05) is 24.2 Å². The largest absolute Gasteiger partial charge is 0.380 e. The molecule has 2 aliphatic carbocycles. The summed E-state index contributed by atoms with van der Waals surface area (Å²) in [4.78, 5) is 0. The lowest BCUT2D eigenvalue weighted by molar-refractivity contribution is 0.0575. The van der Waals surface area contributed by atoms with Gasteiger partial charge in [-0.1, -0.05) is 39.5 Å². The molecular weight excluding hydrogens is 259 g/mol. The lowest BCUT2D eigenvalue weighted by atomic mass is 9.26. The second-order valence-corrected chi connectivity index (χ2v) is 8.44. The molecule has 0 aromatic carbocycles. The van der Waals surface area contributed by atoms with E-state index < -0.39 is 0 Å². The first-order chi connectivity index (χ1) is 9.84. The van der Waals surface area contributed by atoms with Crippen molar-refractivity contribution in [2.24, 2.45) is 0 Å². The molecule has 0 heterocycles. The highest BCUT2D eigenvalue weighted by molar-refractivity contribution is 6.71. The van der Waals surface area contributed by atoms with Gasteiger partial charge in [-0.25, -0.2) is 5.26 Å². The third-order valence-electron chi connectivity index (χ3n) is 5.24. The summed E-state index contributed by atoms with van der Waals surface area (Å²) in [6.07, 6.45) is 7.68. The van der Waals surface area contributed by atoms with Gasteiger partial charge in [0.2, 0.25) is 0 Å². The average Bonchev–Trinajstić information content (AvgIpc) is 2.27. The topological polar surface area (TPSA) is 45.0 Å². The molecule has 0 aliphatic heterocycles. The van der Waals surface area contributed by atoms with Crippen molar-refractivity contribution in [1.29, 1.82) is 5.26 Å². The van der Waals surface area contributed by atoms with Gasteiger partial charge < -0.3 is 10.1 Å². The summed E-state index contributed by atoms with van der Waals surface area (Å²) in [6, 6.07) is 0.679. The van der Waals surface area contributed by atoms with Gasteiger partial charge in [-0.15, -0.1) is 0 Å². The standard InChI is InChI=1S/C17H31BN2O/c1-16(2,18(13-19)14-7-5-8-14)11-21-12-17(3,4)20-15-9-6-10-15/h14-15,20H,5-12H2,1-4H3. The Labute approximate surface area is 130 Å². The van der Waals surface area contributed by atoms with E-state index >= 15 is 0 Å². The molecule has 21 heavy (non-hydrogen) atoms. The smallest absolute Gasteiger partial charge is 0.279 e. The highest BCUT2D eigenvalue weighted by Gasteiger charge is 2.43. The van der Waals surface area contributed by atoms with Crippen molar-refractivity contribution in [2.75, 3.05) is 13.2 Å². The molecule has 0 radical (unpaired) electrons. The normalized spacial score (nSPS) is 20.5. The van der Waals surface area contributed by atoms with E-state index in [1.165, 1.54) is 38.5 Å². The maximum atomic E-state index is 9.50. The molecule has 0 unspecified atom stereocenters. The Morgan fingerprint density at radius 1 is 1.10 bits per heavy atom. The van der Waals surface area contributed by atoms with Crippen molar-refractivity contribution in [3.63, 3.8) is 0 Å². The van der Waals surface area contributed by atoms with Gasteiger partial charge in [-0.3, -0.25) is 0 Å². The van der Waals surface area contributed by atoms with Gasteiger partial charge in [0.25, 0.3) is 6.71 Å². The van der Waals surface area contributed by atoms with Crippen molar-refractivity contribution in [2.45, 2.75) is 88.9 Å². The number of rotatable bonds is 8. The molecule has 1 N–H and O–H groups in total. The highest BCUT2D eigenvalue weighted by Crippen LogP contribution is 2.44. The Kier molecular flexibility index (Phi) is 5.38. The number of nitrogens with zero attached hydrogens (tertiary/aromatic N) is 1. The van der Waals surface area contributed by atoms with Crippen LogP contribution in [0.5, 0.6) is 0 Å². The zero-order valence-corrected chi connectivity index (χ0v) is 14.2. The van der Waals surface area contributed by atoms with Crippen LogP contribution in [-0.2, 0) is 4.74 Å². The lowest BCUT2D eigenvalue weighted by Crippen LogP contribution is -2.52. The second kappa shape index (κ2) is 6.71. The van der Waals surface area contributed by atoms with Gasteiger partial charge in [0.15, 0.2) is 0 Å². The first kappa shape index (κ1) is 16.8. The fourth-order valence-electron chi connectivity index (χ4n) is 3.50. The van der Waals surface area contributed by atoms with Crippen molar-refractivity contribution in [3.8, 4) is 5.97 Å². The van der Waals surface area contributed by atoms with Crippen LogP contribution in [0.1, 0.15) is 66.2 Å². The fraction of sp³-hybridized carbons (Fsp3) is 0.941. The Morgan fingerprint density at radius 2 is 1.71 bits per heavy atom. The number of hydrogen-bond donors (Lipinski definition) is 1. The predicted molar refractivity (Wildman–Crippen MR) is 88.7 cm³/mol. The zero-order chi connectivity index (χ0) is 15.5. The maximum absolute atomic E-state index is 9.50. The summed E-state index contributed by atoms with van der Waals surface area (Å²) >= 11 is 0. The van der Waals surface area contributed by atoms with Crippen LogP contribution in [-0.4, -0.2) is 31.5 Å². The minimum absolute atomic E-state index is 0.0276. The van der Waals surface area contributed by atoms with Crippen LogP contribution >= 0.6 is 0 Å². The Balaban J connectivity index is 1.76. The third kappa shape index (κ3) is 4.47. The summed E-state index contributed by atoms with van der Waals surface area (Å²) in [5.41, 5.74) is 0.0276. The number of ether oxygens (including phenoxy) is 1. The molecule has 4 heteroatoms. The molecule has 0 spiro atoms. The monoisotopic (exact) mass is 290 g/mol. The summed E-state index contributed by atoms with van der Waals surface area (Å²) < 4.78 is 6.02. The molecule has 0 saturated heterocycles. The summed E-state index contributed by atoms with van der Waals surface area (Å²) in [7, 11) is 0. The SMILES string of the molecule is CC(C)(COCC(C)(C)B(C#N)C1CCC1)NC1CCC1. The molecule has 118 valence electrons. The summed E-state index contributed by atoms with van der Waals surface area (Å²) in [5, 5.41) is 13.1. The molecule has 3 nitrogen and oxygen atoms in total. The van der Waals surface area contributed by atoms with E-state index in [1.807, 2.05) is 0 Å². The molecule has 0 amide bonds. The third-order valence-corrected chi connectivity index (χ3v) is 5.24. The predicted octanol–water partition coefficient (Wildman–Crippen LogP) is 3.82. The quantitative estimate of drug-likeness (QED) is 0.691. The maximum Gasteiger partial charge on any atom is 0.279 e. The number of hydrogen-bond acceptors (Lipinski definition) is 3. The van der Waals surface area contributed by atoms with Crippen LogP contribution in [0, 0.1) is 11.2 Å². The van der Waals surface area contributed by atoms with Gasteiger partial charge in [-0.2, -0.15) is 0 Å². The lowest BCUT2D eigenvalue weighted by Gasteiger charge is -2.39. The minimum Gasteiger partial charge on any atom is -0.380 e. The van der Waals surface area contributed by atoms with E-state index in [1.54, 1.807) is 0 Å². The second-order valence-electron chi connectivity index (χ2n) is 8.44. The van der Waals surface area contributed by atoms with Crippen molar-refractivity contribution >= 4 is 6.71 Å². The van der Waals surface area contributed by atoms with Crippen LogP contribution in [0.15, 0.2) is 0 Å². The minimum atomic E-state index is -0.0492. The molecule has 0 bridgehead atoms. The van der Waals surface area contributed by atoms with Crippen LogP contribution in [0.2, 0.25) is 11.1 Å². The fourth-order valence-corrected chi connectivity index (χ4v) is 3.50. The number of nitriles is 1. The number of nitrogens with one attached hydrogen (secondary N) is 1.